The predicted octanol–water partition coefficient (Wildman–Crippen LogP) is 0.862. The molecule has 0 radical (unpaired) electrons. The molecular formula is C11H15ClN2O3. The molecule has 1 aromatic rings. The lowest BCUT2D eigenvalue weighted by Crippen LogP contribution is -2.42. The van der Waals surface area contributed by atoms with Crippen molar-refractivity contribution in [3.8, 4) is 17.2 Å². The summed E-state index contributed by atoms with van der Waals surface area (Å²) in [5.41, 5.74) is 0.367. The second kappa shape index (κ2) is 5.00. The highest BCUT2D eigenvalue weighted by Crippen LogP contribution is 2.41. The molecule has 6 heteroatoms. The second-order valence-corrected chi connectivity index (χ2v) is 4.46. The highest BCUT2D eigenvalue weighted by molar-refractivity contribution is 6.33. The smallest absolute Gasteiger partial charge is 0.163 e. The summed E-state index contributed by atoms with van der Waals surface area (Å²) in [4.78, 5) is 2.09. The van der Waals surface area contributed by atoms with Crippen molar-refractivity contribution < 1.29 is 15.3 Å². The number of phenols is 3. The molecular weight excluding hydrogens is 244 g/mol. The molecule has 0 amide bonds. The molecule has 4 N–H and O–H groups in total. The molecule has 0 saturated carbocycles. The molecule has 0 bridgehead atoms. The summed E-state index contributed by atoms with van der Waals surface area (Å²) < 4.78 is 0. The first-order valence-corrected chi connectivity index (χ1v) is 5.82. The first-order valence-electron chi connectivity index (χ1n) is 5.45. The Bertz CT molecular complexity index is 393. The summed E-state index contributed by atoms with van der Waals surface area (Å²) >= 11 is 5.93. The molecule has 1 aromatic carbocycles. The van der Waals surface area contributed by atoms with Gasteiger partial charge in [0.1, 0.15) is 5.75 Å². The van der Waals surface area contributed by atoms with Crippen molar-refractivity contribution in [1.82, 2.24) is 10.2 Å². The zero-order chi connectivity index (χ0) is 12.4. The Labute approximate surface area is 104 Å². The molecule has 0 spiro atoms. The molecule has 0 atom stereocenters. The van der Waals surface area contributed by atoms with Crippen molar-refractivity contribution >= 4 is 11.6 Å². The molecule has 1 aliphatic rings. The standard InChI is InChI=1S/C11H15ClN2O3/c12-10-7(6-14-3-1-13-2-4-14)11(17)9(16)5-8(10)15/h5,13,15-17H,1-4,6H2. The van der Waals surface area contributed by atoms with Crippen LogP contribution in [0.25, 0.3) is 0 Å². The third-order valence-electron chi connectivity index (χ3n) is 2.88. The van der Waals surface area contributed by atoms with E-state index >= 15 is 0 Å². The predicted molar refractivity (Wildman–Crippen MR) is 64.6 cm³/mol. The highest BCUT2D eigenvalue weighted by atomic mass is 35.5. The third kappa shape index (κ3) is 2.57. The minimum Gasteiger partial charge on any atom is -0.506 e. The molecule has 5 nitrogen and oxygen atoms in total. The van der Waals surface area contributed by atoms with Gasteiger partial charge in [0.05, 0.1) is 5.02 Å². The number of aromatic hydroxyl groups is 3. The Balaban J connectivity index is 2.24. The van der Waals surface area contributed by atoms with E-state index in [-0.39, 0.29) is 22.3 Å². The normalized spacial score (nSPS) is 17.2. The average Bonchev–Trinajstić information content (AvgIpc) is 2.33. The lowest BCUT2D eigenvalue weighted by Gasteiger charge is -2.27. The van der Waals surface area contributed by atoms with E-state index in [1.54, 1.807) is 0 Å². The van der Waals surface area contributed by atoms with E-state index < -0.39 is 0 Å². The number of halogens is 1. The average molecular weight is 259 g/mol. The van der Waals surface area contributed by atoms with Gasteiger partial charge in [0.25, 0.3) is 0 Å². The van der Waals surface area contributed by atoms with Gasteiger partial charge in [0, 0.05) is 44.4 Å². The SMILES string of the molecule is Oc1cc(O)c(Cl)c(CN2CCNCC2)c1O. The van der Waals surface area contributed by atoms with Gasteiger partial charge in [-0.3, -0.25) is 4.90 Å². The Morgan fingerprint density at radius 3 is 2.47 bits per heavy atom. The van der Waals surface area contributed by atoms with E-state index in [1.165, 1.54) is 0 Å². The van der Waals surface area contributed by atoms with Crippen LogP contribution in [0.2, 0.25) is 5.02 Å². The van der Waals surface area contributed by atoms with E-state index in [9.17, 15) is 15.3 Å². The number of rotatable bonds is 2. The van der Waals surface area contributed by atoms with Crippen LogP contribution >= 0.6 is 11.6 Å². The van der Waals surface area contributed by atoms with Gasteiger partial charge in [0.15, 0.2) is 11.5 Å². The molecule has 2 rings (SSSR count). The van der Waals surface area contributed by atoms with E-state index in [1.807, 2.05) is 0 Å². The fourth-order valence-corrected chi connectivity index (χ4v) is 2.12. The number of phenolic OH excluding ortho intramolecular Hbond substituents is 3. The number of piperazine rings is 1. The summed E-state index contributed by atoms with van der Waals surface area (Å²) in [7, 11) is 0. The molecule has 0 unspecified atom stereocenters. The summed E-state index contributed by atoms with van der Waals surface area (Å²) in [5.74, 6) is -0.824. The van der Waals surface area contributed by atoms with Crippen LogP contribution in [0, 0.1) is 0 Å². The number of nitrogens with zero attached hydrogens (tertiary/aromatic N) is 1. The molecule has 94 valence electrons. The van der Waals surface area contributed by atoms with E-state index in [0.717, 1.165) is 32.2 Å². The lowest BCUT2D eigenvalue weighted by atomic mass is 10.1. The van der Waals surface area contributed by atoms with Gasteiger partial charge in [0.2, 0.25) is 0 Å². The molecule has 1 fully saturated rings. The Kier molecular flexibility index (Phi) is 3.61. The quantitative estimate of drug-likeness (QED) is 0.468. The van der Waals surface area contributed by atoms with Crippen LogP contribution in [0.15, 0.2) is 6.07 Å². The Hall–Kier alpha value is -1.17. The van der Waals surface area contributed by atoms with Gasteiger partial charge < -0.3 is 20.6 Å². The van der Waals surface area contributed by atoms with Gasteiger partial charge in [-0.1, -0.05) is 11.6 Å². The molecule has 0 aromatic heterocycles. The van der Waals surface area contributed by atoms with Crippen molar-refractivity contribution in [1.29, 1.82) is 0 Å². The molecule has 1 saturated heterocycles. The van der Waals surface area contributed by atoms with E-state index in [2.05, 4.69) is 10.2 Å². The third-order valence-corrected chi connectivity index (χ3v) is 3.30. The van der Waals surface area contributed by atoms with Crippen LogP contribution in [0.3, 0.4) is 0 Å². The summed E-state index contributed by atoms with van der Waals surface area (Å²) in [5, 5.41) is 32.0. The zero-order valence-electron chi connectivity index (χ0n) is 9.28. The molecule has 0 aliphatic carbocycles. The van der Waals surface area contributed by atoms with Crippen molar-refractivity contribution in [3.63, 3.8) is 0 Å². The monoisotopic (exact) mass is 258 g/mol. The maximum Gasteiger partial charge on any atom is 0.163 e. The van der Waals surface area contributed by atoms with Gasteiger partial charge in [-0.2, -0.15) is 0 Å². The van der Waals surface area contributed by atoms with Crippen molar-refractivity contribution in [2.75, 3.05) is 26.2 Å². The fourth-order valence-electron chi connectivity index (χ4n) is 1.91. The first-order chi connectivity index (χ1) is 8.09. The van der Waals surface area contributed by atoms with Crippen LogP contribution in [0.1, 0.15) is 5.56 Å². The summed E-state index contributed by atoms with van der Waals surface area (Å²) in [6.45, 7) is 3.85. The van der Waals surface area contributed by atoms with E-state index in [4.69, 9.17) is 11.6 Å². The number of hydrogen-bond acceptors (Lipinski definition) is 5. The highest BCUT2D eigenvalue weighted by Gasteiger charge is 2.19. The number of nitrogens with one attached hydrogen (secondary N) is 1. The first kappa shape index (κ1) is 12.3. The minimum absolute atomic E-state index is 0.0961. The Morgan fingerprint density at radius 2 is 1.82 bits per heavy atom. The molecule has 1 aliphatic heterocycles. The minimum atomic E-state index is -0.350. The number of hydrogen-bond donors (Lipinski definition) is 4. The second-order valence-electron chi connectivity index (χ2n) is 4.08. The molecule has 17 heavy (non-hydrogen) atoms. The summed E-state index contributed by atoms with van der Waals surface area (Å²) in [6.07, 6.45) is 0. The molecule has 1 heterocycles. The largest absolute Gasteiger partial charge is 0.506 e. The topological polar surface area (TPSA) is 76.0 Å². The van der Waals surface area contributed by atoms with Gasteiger partial charge in [-0.15, -0.1) is 0 Å². The van der Waals surface area contributed by atoms with Crippen LogP contribution in [-0.2, 0) is 6.54 Å². The van der Waals surface area contributed by atoms with Gasteiger partial charge in [-0.25, -0.2) is 0 Å². The van der Waals surface area contributed by atoms with Crippen molar-refractivity contribution in [3.05, 3.63) is 16.7 Å². The maximum atomic E-state index is 9.75. The van der Waals surface area contributed by atoms with Gasteiger partial charge in [-0.05, 0) is 0 Å². The number of benzene rings is 1. The van der Waals surface area contributed by atoms with Gasteiger partial charge >= 0.3 is 0 Å². The van der Waals surface area contributed by atoms with Crippen LogP contribution in [0.4, 0.5) is 0 Å². The maximum absolute atomic E-state index is 9.75. The van der Waals surface area contributed by atoms with E-state index in [0.29, 0.717) is 12.1 Å². The van der Waals surface area contributed by atoms with Crippen molar-refractivity contribution in [2.24, 2.45) is 0 Å². The van der Waals surface area contributed by atoms with Crippen LogP contribution in [-0.4, -0.2) is 46.4 Å². The Morgan fingerprint density at radius 1 is 1.18 bits per heavy atom. The zero-order valence-corrected chi connectivity index (χ0v) is 10.0. The van der Waals surface area contributed by atoms with Crippen LogP contribution < -0.4 is 5.32 Å². The van der Waals surface area contributed by atoms with Crippen LogP contribution in [0.5, 0.6) is 17.2 Å². The lowest BCUT2D eigenvalue weighted by molar-refractivity contribution is 0.229. The van der Waals surface area contributed by atoms with Crippen molar-refractivity contribution in [2.45, 2.75) is 6.54 Å². The fraction of sp³-hybridized carbons (Fsp3) is 0.455. The summed E-state index contributed by atoms with van der Waals surface area (Å²) in [6, 6.07) is 1.04.